The van der Waals surface area contributed by atoms with Crippen LogP contribution in [0.1, 0.15) is 36.4 Å². The zero-order chi connectivity index (χ0) is 24.3. The summed E-state index contributed by atoms with van der Waals surface area (Å²) in [4.78, 5) is 20.9. The van der Waals surface area contributed by atoms with Crippen molar-refractivity contribution < 1.29 is 22.5 Å². The molecule has 0 spiro atoms. The second kappa shape index (κ2) is 10.1. The zero-order valence-corrected chi connectivity index (χ0v) is 19.3. The van der Waals surface area contributed by atoms with Crippen molar-refractivity contribution in [1.29, 1.82) is 0 Å². The van der Waals surface area contributed by atoms with E-state index in [1.165, 1.54) is 12.1 Å². The molecule has 1 saturated heterocycles. The number of alkyl halides is 3. The van der Waals surface area contributed by atoms with Crippen LogP contribution in [0.25, 0.3) is 11.4 Å². The van der Waals surface area contributed by atoms with Crippen molar-refractivity contribution >= 4 is 17.5 Å². The molecule has 2 heterocycles. The van der Waals surface area contributed by atoms with E-state index in [4.69, 9.17) is 16.1 Å². The number of aryl methyl sites for hydroxylation is 1. The molecule has 1 unspecified atom stereocenters. The number of hydrogen-bond acceptors (Lipinski definition) is 5. The fourth-order valence-electron chi connectivity index (χ4n) is 3.97. The summed E-state index contributed by atoms with van der Waals surface area (Å²) in [6.45, 7) is 4.32. The first-order valence-corrected chi connectivity index (χ1v) is 11.4. The van der Waals surface area contributed by atoms with Crippen molar-refractivity contribution in [3.05, 3.63) is 70.6 Å². The standard InChI is InChI=1S/C24H24ClF3N4O2/c1-16(23-29-22(30-34-23)18-5-3-6-19(15-18)24(26,27)28)31-10-12-32(13-11-31)21(33)9-8-17-4-2-7-20(25)14-17/h2-7,14-16H,8-13H2,1H3. The Morgan fingerprint density at radius 2 is 1.85 bits per heavy atom. The van der Waals surface area contributed by atoms with E-state index in [0.29, 0.717) is 49.9 Å². The molecule has 3 aromatic rings. The molecule has 1 amide bonds. The highest BCUT2D eigenvalue weighted by atomic mass is 35.5. The number of carbonyl (C=O) groups excluding carboxylic acids is 1. The van der Waals surface area contributed by atoms with E-state index in [2.05, 4.69) is 15.0 Å². The predicted octanol–water partition coefficient (Wildman–Crippen LogP) is 5.25. The zero-order valence-electron chi connectivity index (χ0n) is 18.6. The Morgan fingerprint density at radius 1 is 1.12 bits per heavy atom. The third kappa shape index (κ3) is 5.77. The molecular formula is C24H24ClF3N4O2. The number of halogens is 4. The van der Waals surface area contributed by atoms with E-state index in [9.17, 15) is 18.0 Å². The highest BCUT2D eigenvalue weighted by Gasteiger charge is 2.31. The van der Waals surface area contributed by atoms with E-state index < -0.39 is 11.7 Å². The van der Waals surface area contributed by atoms with E-state index in [-0.39, 0.29) is 23.3 Å². The van der Waals surface area contributed by atoms with Crippen LogP contribution in [0.4, 0.5) is 13.2 Å². The van der Waals surface area contributed by atoms with Crippen LogP contribution in [0, 0.1) is 0 Å². The van der Waals surface area contributed by atoms with Gasteiger partial charge < -0.3 is 9.42 Å². The molecule has 4 rings (SSSR count). The number of aromatic nitrogens is 2. The molecule has 180 valence electrons. The number of amides is 1. The Balaban J connectivity index is 1.32. The monoisotopic (exact) mass is 492 g/mol. The Bertz CT molecular complexity index is 1140. The minimum Gasteiger partial charge on any atom is -0.340 e. The van der Waals surface area contributed by atoms with Gasteiger partial charge in [-0.25, -0.2) is 0 Å². The second-order valence-electron chi connectivity index (χ2n) is 8.26. The number of hydrogen-bond donors (Lipinski definition) is 0. The van der Waals surface area contributed by atoms with E-state index in [0.717, 1.165) is 17.7 Å². The Labute approximate surface area is 200 Å². The van der Waals surface area contributed by atoms with E-state index in [1.54, 1.807) is 6.07 Å². The van der Waals surface area contributed by atoms with Crippen LogP contribution in [0.2, 0.25) is 5.02 Å². The van der Waals surface area contributed by atoms with Crippen LogP contribution in [0.15, 0.2) is 53.1 Å². The van der Waals surface area contributed by atoms with Gasteiger partial charge >= 0.3 is 6.18 Å². The van der Waals surface area contributed by atoms with Gasteiger partial charge in [-0.05, 0) is 43.2 Å². The van der Waals surface area contributed by atoms with Gasteiger partial charge in [0, 0.05) is 43.2 Å². The fraction of sp³-hybridized carbons (Fsp3) is 0.375. The Kier molecular flexibility index (Phi) is 7.23. The molecule has 0 radical (unpaired) electrons. The van der Waals surface area contributed by atoms with Crippen LogP contribution in [-0.4, -0.2) is 52.0 Å². The minimum absolute atomic E-state index is 0.0944. The smallest absolute Gasteiger partial charge is 0.340 e. The Morgan fingerprint density at radius 3 is 2.56 bits per heavy atom. The lowest BCUT2D eigenvalue weighted by atomic mass is 10.1. The largest absolute Gasteiger partial charge is 0.416 e. The SMILES string of the molecule is CC(c1nc(-c2cccc(C(F)(F)F)c2)no1)N1CCN(C(=O)CCc2cccc(Cl)c2)CC1. The van der Waals surface area contributed by atoms with Gasteiger partial charge in [-0.2, -0.15) is 18.2 Å². The van der Waals surface area contributed by atoms with E-state index >= 15 is 0 Å². The van der Waals surface area contributed by atoms with Crippen molar-refractivity contribution in [1.82, 2.24) is 19.9 Å². The maximum absolute atomic E-state index is 13.0. The number of benzene rings is 2. The number of nitrogens with zero attached hydrogens (tertiary/aromatic N) is 4. The molecule has 6 nitrogen and oxygen atoms in total. The molecule has 0 N–H and O–H groups in total. The van der Waals surface area contributed by atoms with Gasteiger partial charge in [0.25, 0.3) is 0 Å². The maximum Gasteiger partial charge on any atom is 0.416 e. The van der Waals surface area contributed by atoms with Crippen molar-refractivity contribution in [2.75, 3.05) is 26.2 Å². The molecular weight excluding hydrogens is 469 g/mol. The van der Waals surface area contributed by atoms with E-state index in [1.807, 2.05) is 30.0 Å². The first kappa shape index (κ1) is 24.2. The van der Waals surface area contributed by atoms with Gasteiger partial charge in [0.05, 0.1) is 11.6 Å². The van der Waals surface area contributed by atoms with Gasteiger partial charge in [-0.3, -0.25) is 9.69 Å². The second-order valence-corrected chi connectivity index (χ2v) is 8.69. The maximum atomic E-state index is 13.0. The first-order valence-electron chi connectivity index (χ1n) is 11.0. The quantitative estimate of drug-likeness (QED) is 0.470. The Hall–Kier alpha value is -2.91. The van der Waals surface area contributed by atoms with Crippen LogP contribution in [0.3, 0.4) is 0 Å². The molecule has 0 saturated carbocycles. The summed E-state index contributed by atoms with van der Waals surface area (Å²) in [5.41, 5.74) is 0.508. The van der Waals surface area contributed by atoms with Crippen LogP contribution >= 0.6 is 11.6 Å². The highest BCUT2D eigenvalue weighted by molar-refractivity contribution is 6.30. The summed E-state index contributed by atoms with van der Waals surface area (Å²) in [6, 6.07) is 12.1. The summed E-state index contributed by atoms with van der Waals surface area (Å²) in [5.74, 6) is 0.535. The van der Waals surface area contributed by atoms with Crippen molar-refractivity contribution in [2.24, 2.45) is 0 Å². The summed E-state index contributed by atoms with van der Waals surface area (Å²) < 4.78 is 44.3. The molecule has 1 fully saturated rings. The number of rotatable bonds is 6. The lowest BCUT2D eigenvalue weighted by Gasteiger charge is -2.36. The van der Waals surface area contributed by atoms with Crippen LogP contribution in [0.5, 0.6) is 0 Å². The average molecular weight is 493 g/mol. The lowest BCUT2D eigenvalue weighted by molar-refractivity contribution is -0.137. The molecule has 0 bridgehead atoms. The molecule has 0 aliphatic carbocycles. The summed E-state index contributed by atoms with van der Waals surface area (Å²) in [6.07, 6.45) is -3.39. The molecule has 1 atom stereocenters. The fourth-order valence-corrected chi connectivity index (χ4v) is 4.19. The molecule has 1 aliphatic heterocycles. The highest BCUT2D eigenvalue weighted by Crippen LogP contribution is 2.32. The molecule has 34 heavy (non-hydrogen) atoms. The van der Waals surface area contributed by atoms with Gasteiger partial charge in [-0.15, -0.1) is 0 Å². The van der Waals surface area contributed by atoms with Gasteiger partial charge in [0.1, 0.15) is 0 Å². The number of carbonyl (C=O) groups is 1. The minimum atomic E-state index is -4.44. The molecule has 1 aliphatic rings. The lowest BCUT2D eigenvalue weighted by Crippen LogP contribution is -2.49. The summed E-state index contributed by atoms with van der Waals surface area (Å²) in [5, 5.41) is 4.53. The number of piperazine rings is 1. The molecule has 1 aromatic heterocycles. The third-order valence-corrected chi connectivity index (χ3v) is 6.21. The summed E-state index contributed by atoms with van der Waals surface area (Å²) >= 11 is 6.00. The van der Waals surface area contributed by atoms with Gasteiger partial charge in [0.2, 0.25) is 17.6 Å². The summed E-state index contributed by atoms with van der Waals surface area (Å²) in [7, 11) is 0. The van der Waals surface area contributed by atoms with Gasteiger partial charge in [0.15, 0.2) is 0 Å². The van der Waals surface area contributed by atoms with Crippen molar-refractivity contribution in [3.8, 4) is 11.4 Å². The molecule has 2 aromatic carbocycles. The average Bonchev–Trinajstić information content (AvgIpc) is 3.32. The van der Waals surface area contributed by atoms with Crippen LogP contribution in [-0.2, 0) is 17.4 Å². The normalized spacial score (nSPS) is 16.0. The first-order chi connectivity index (χ1) is 16.2. The van der Waals surface area contributed by atoms with Crippen LogP contribution < -0.4 is 0 Å². The molecule has 10 heteroatoms. The predicted molar refractivity (Wildman–Crippen MR) is 121 cm³/mol. The van der Waals surface area contributed by atoms with Crippen molar-refractivity contribution in [2.45, 2.75) is 32.0 Å². The van der Waals surface area contributed by atoms with Crippen molar-refractivity contribution in [3.63, 3.8) is 0 Å². The topological polar surface area (TPSA) is 62.5 Å². The van der Waals surface area contributed by atoms with Gasteiger partial charge in [-0.1, -0.05) is 41.0 Å². The third-order valence-electron chi connectivity index (χ3n) is 5.98.